The van der Waals surface area contributed by atoms with Crippen molar-refractivity contribution in [2.45, 2.75) is 31.2 Å². The Kier molecular flexibility index (Phi) is 7.16. The summed E-state index contributed by atoms with van der Waals surface area (Å²) >= 11 is 0. The fourth-order valence-corrected chi connectivity index (χ4v) is 5.87. The van der Waals surface area contributed by atoms with E-state index in [9.17, 15) is 18.0 Å². The molecule has 1 saturated heterocycles. The first-order valence-corrected chi connectivity index (χ1v) is 12.9. The molecule has 8 nitrogen and oxygen atoms in total. The Balaban J connectivity index is 1.43. The van der Waals surface area contributed by atoms with Gasteiger partial charge in [-0.2, -0.15) is 4.31 Å². The second kappa shape index (κ2) is 10.1. The van der Waals surface area contributed by atoms with Crippen LogP contribution in [0.1, 0.15) is 37.4 Å². The van der Waals surface area contributed by atoms with Crippen LogP contribution in [0.3, 0.4) is 0 Å². The van der Waals surface area contributed by atoms with Crippen molar-refractivity contribution < 1.29 is 18.0 Å². The lowest BCUT2D eigenvalue weighted by Gasteiger charge is -2.33. The summed E-state index contributed by atoms with van der Waals surface area (Å²) in [5.41, 5.74) is 2.40. The summed E-state index contributed by atoms with van der Waals surface area (Å²) in [4.78, 5) is 29.0. The van der Waals surface area contributed by atoms with Gasteiger partial charge in [0.2, 0.25) is 21.8 Å². The van der Waals surface area contributed by atoms with Crippen molar-refractivity contribution in [1.82, 2.24) is 14.1 Å². The predicted molar refractivity (Wildman–Crippen MR) is 131 cm³/mol. The molecule has 0 saturated carbocycles. The topological polar surface area (TPSA) is 90.0 Å². The zero-order valence-corrected chi connectivity index (χ0v) is 20.3. The van der Waals surface area contributed by atoms with Crippen molar-refractivity contribution in [3.8, 4) is 0 Å². The fraction of sp³-hybridized carbons (Fsp3) is 0.360. The molecular weight excluding hydrogens is 452 g/mol. The Morgan fingerprint density at radius 1 is 1.00 bits per heavy atom. The zero-order chi connectivity index (χ0) is 24.3. The van der Waals surface area contributed by atoms with Crippen LogP contribution in [0.5, 0.6) is 0 Å². The minimum atomic E-state index is -3.57. The number of anilines is 1. The van der Waals surface area contributed by atoms with E-state index >= 15 is 0 Å². The SMILES string of the molecule is CCN1CCN(S(=O)(=O)c2ccc(NC(=O)CC3c4ccccc4C=CN3C(C)=O)cc2)CC1. The molecule has 1 atom stereocenters. The Hall–Kier alpha value is -3.01. The second-order valence-electron chi connectivity index (χ2n) is 8.50. The van der Waals surface area contributed by atoms with Crippen LogP contribution < -0.4 is 5.32 Å². The number of nitrogens with zero attached hydrogens (tertiary/aromatic N) is 3. The number of benzene rings is 2. The van der Waals surface area contributed by atoms with Crippen LogP contribution in [0.2, 0.25) is 0 Å². The first-order chi connectivity index (χ1) is 16.3. The number of hydrogen-bond acceptors (Lipinski definition) is 5. The van der Waals surface area contributed by atoms with Gasteiger partial charge in [-0.1, -0.05) is 31.2 Å². The largest absolute Gasteiger partial charge is 0.326 e. The first kappa shape index (κ1) is 24.1. The van der Waals surface area contributed by atoms with Crippen LogP contribution in [0, 0.1) is 0 Å². The van der Waals surface area contributed by atoms with Gasteiger partial charge in [-0.25, -0.2) is 8.42 Å². The van der Waals surface area contributed by atoms with Crippen molar-refractivity contribution in [3.05, 3.63) is 65.9 Å². The summed E-state index contributed by atoms with van der Waals surface area (Å²) in [6, 6.07) is 13.5. The number of sulfonamides is 1. The van der Waals surface area contributed by atoms with Gasteiger partial charge >= 0.3 is 0 Å². The number of likely N-dealkylation sites (N-methyl/N-ethyl adjacent to an activating group) is 1. The van der Waals surface area contributed by atoms with Crippen molar-refractivity contribution in [2.75, 3.05) is 38.0 Å². The molecule has 1 fully saturated rings. The Morgan fingerprint density at radius 3 is 2.32 bits per heavy atom. The van der Waals surface area contributed by atoms with Crippen molar-refractivity contribution in [2.24, 2.45) is 0 Å². The smallest absolute Gasteiger partial charge is 0.243 e. The lowest BCUT2D eigenvalue weighted by Crippen LogP contribution is -2.48. The van der Waals surface area contributed by atoms with Gasteiger partial charge in [0, 0.05) is 45.0 Å². The average Bonchev–Trinajstić information content (AvgIpc) is 2.84. The quantitative estimate of drug-likeness (QED) is 0.684. The fourth-order valence-electron chi connectivity index (χ4n) is 4.45. The lowest BCUT2D eigenvalue weighted by molar-refractivity contribution is -0.129. The highest BCUT2D eigenvalue weighted by atomic mass is 32.2. The number of fused-ring (bicyclic) bond motifs is 1. The van der Waals surface area contributed by atoms with Crippen LogP contribution in [-0.2, 0) is 19.6 Å². The molecule has 2 aromatic carbocycles. The summed E-state index contributed by atoms with van der Waals surface area (Å²) < 4.78 is 27.5. The van der Waals surface area contributed by atoms with E-state index in [4.69, 9.17) is 0 Å². The van der Waals surface area contributed by atoms with E-state index in [2.05, 4.69) is 17.1 Å². The molecule has 2 amide bonds. The first-order valence-electron chi connectivity index (χ1n) is 11.5. The maximum atomic E-state index is 13.0. The van der Waals surface area contributed by atoms with Crippen molar-refractivity contribution in [3.63, 3.8) is 0 Å². The average molecular weight is 483 g/mol. The van der Waals surface area contributed by atoms with E-state index < -0.39 is 16.1 Å². The molecule has 2 aromatic rings. The van der Waals surface area contributed by atoms with Gasteiger partial charge in [0.25, 0.3) is 0 Å². The van der Waals surface area contributed by atoms with Gasteiger partial charge in [0.1, 0.15) is 0 Å². The maximum absolute atomic E-state index is 13.0. The third-order valence-corrected chi connectivity index (χ3v) is 8.32. The highest BCUT2D eigenvalue weighted by molar-refractivity contribution is 7.89. The number of piperazine rings is 1. The normalized spacial score (nSPS) is 19.0. The molecule has 1 unspecified atom stereocenters. The van der Waals surface area contributed by atoms with Crippen molar-refractivity contribution >= 4 is 33.6 Å². The third-order valence-electron chi connectivity index (χ3n) is 6.40. The molecule has 0 spiro atoms. The van der Waals surface area contributed by atoms with Crippen LogP contribution >= 0.6 is 0 Å². The molecular formula is C25H30N4O4S. The summed E-state index contributed by atoms with van der Waals surface area (Å²) in [5, 5.41) is 2.84. The van der Waals surface area contributed by atoms with Crippen LogP contribution in [0.15, 0.2) is 59.6 Å². The van der Waals surface area contributed by atoms with E-state index in [0.717, 1.165) is 30.8 Å². The van der Waals surface area contributed by atoms with Crippen LogP contribution in [-0.4, -0.2) is 67.1 Å². The van der Waals surface area contributed by atoms with E-state index in [1.54, 1.807) is 23.2 Å². The van der Waals surface area contributed by atoms with Gasteiger partial charge in [-0.3, -0.25) is 9.59 Å². The van der Waals surface area contributed by atoms with Gasteiger partial charge < -0.3 is 15.1 Å². The summed E-state index contributed by atoms with van der Waals surface area (Å²) in [7, 11) is -3.57. The maximum Gasteiger partial charge on any atom is 0.243 e. The summed E-state index contributed by atoms with van der Waals surface area (Å²) in [6.45, 7) is 6.84. The molecule has 1 N–H and O–H groups in total. The summed E-state index contributed by atoms with van der Waals surface area (Å²) in [5.74, 6) is -0.398. The molecule has 0 aliphatic carbocycles. The number of amides is 2. The van der Waals surface area contributed by atoms with Gasteiger partial charge in [0.05, 0.1) is 17.4 Å². The Labute approximate surface area is 200 Å². The molecule has 2 aliphatic rings. The lowest BCUT2D eigenvalue weighted by atomic mass is 9.93. The van der Waals surface area contributed by atoms with E-state index in [1.165, 1.54) is 23.4 Å². The number of carbonyl (C=O) groups is 2. The molecule has 2 aliphatic heterocycles. The monoisotopic (exact) mass is 482 g/mol. The van der Waals surface area contributed by atoms with E-state index in [1.807, 2.05) is 30.3 Å². The predicted octanol–water partition coefficient (Wildman–Crippen LogP) is 2.92. The van der Waals surface area contributed by atoms with E-state index in [0.29, 0.717) is 18.8 Å². The number of nitrogens with one attached hydrogen (secondary N) is 1. The van der Waals surface area contributed by atoms with Crippen LogP contribution in [0.4, 0.5) is 5.69 Å². The van der Waals surface area contributed by atoms with Crippen LogP contribution in [0.25, 0.3) is 6.08 Å². The van der Waals surface area contributed by atoms with Gasteiger partial charge in [-0.05, 0) is 48.0 Å². The summed E-state index contributed by atoms with van der Waals surface area (Å²) in [6.07, 6.45) is 3.66. The van der Waals surface area contributed by atoms with E-state index in [-0.39, 0.29) is 23.1 Å². The van der Waals surface area contributed by atoms with Crippen molar-refractivity contribution in [1.29, 1.82) is 0 Å². The molecule has 0 bridgehead atoms. The standard InChI is InChI=1S/C25H30N4O4S/c1-3-27-14-16-28(17-15-27)34(32,33)22-10-8-21(9-11-22)26-25(31)18-24-23-7-5-4-6-20(23)12-13-29(24)19(2)30/h4-13,24H,3,14-18H2,1-2H3,(H,26,31). The highest BCUT2D eigenvalue weighted by Crippen LogP contribution is 2.33. The molecule has 9 heteroatoms. The van der Waals surface area contributed by atoms with Gasteiger partial charge in [-0.15, -0.1) is 0 Å². The number of rotatable bonds is 6. The molecule has 4 rings (SSSR count). The molecule has 34 heavy (non-hydrogen) atoms. The van der Waals surface area contributed by atoms with Gasteiger partial charge in [0.15, 0.2) is 0 Å². The molecule has 180 valence electrons. The Bertz CT molecular complexity index is 1190. The Morgan fingerprint density at radius 2 is 1.68 bits per heavy atom. The minimum absolute atomic E-state index is 0.0860. The molecule has 0 aromatic heterocycles. The third kappa shape index (κ3) is 5.06. The molecule has 0 radical (unpaired) electrons. The highest BCUT2D eigenvalue weighted by Gasteiger charge is 2.29. The number of hydrogen-bond donors (Lipinski definition) is 1. The second-order valence-corrected chi connectivity index (χ2v) is 10.4. The zero-order valence-electron chi connectivity index (χ0n) is 19.5. The minimum Gasteiger partial charge on any atom is -0.326 e. The number of carbonyl (C=O) groups excluding carboxylic acids is 2. The molecule has 2 heterocycles.